The van der Waals surface area contributed by atoms with E-state index in [-0.39, 0.29) is 6.10 Å². The van der Waals surface area contributed by atoms with E-state index in [1.54, 1.807) is 34.7 Å². The van der Waals surface area contributed by atoms with Crippen LogP contribution in [0, 0.1) is 0 Å². The lowest BCUT2D eigenvalue weighted by atomic mass is 10.2. The highest BCUT2D eigenvalue weighted by Crippen LogP contribution is 2.38. The molecular weight excluding hydrogens is 478 g/mol. The summed E-state index contributed by atoms with van der Waals surface area (Å²) in [7, 11) is 0. The van der Waals surface area contributed by atoms with Crippen molar-refractivity contribution in [2.45, 2.75) is 18.4 Å². The number of rotatable bonds is 8. The lowest BCUT2D eigenvalue weighted by Gasteiger charge is -2.36. The number of hydrogen-bond acceptors (Lipinski definition) is 10. The molecule has 2 saturated heterocycles. The largest absolute Gasteiger partial charge is 0.491 e. The van der Waals surface area contributed by atoms with Crippen LogP contribution < -0.4 is 14.5 Å². The SMILES string of the molecule is c1cnc(N2CCN(c3ccc(OC[C@@H]4CO[C@@](Cn5cncn5)(c5cccs5)O4)cc3)CC2)nc1. The molecule has 6 rings (SSSR count). The molecule has 4 aromatic rings. The summed E-state index contributed by atoms with van der Waals surface area (Å²) in [5.41, 5.74) is 1.18. The predicted molar refractivity (Wildman–Crippen MR) is 135 cm³/mol. The molecule has 36 heavy (non-hydrogen) atoms. The maximum Gasteiger partial charge on any atom is 0.225 e. The van der Waals surface area contributed by atoms with Gasteiger partial charge < -0.3 is 24.0 Å². The first-order valence-electron chi connectivity index (χ1n) is 12.0. The number of benzene rings is 1. The van der Waals surface area contributed by atoms with Crippen molar-refractivity contribution < 1.29 is 14.2 Å². The van der Waals surface area contributed by atoms with Gasteiger partial charge in [-0.2, -0.15) is 5.10 Å². The topological polar surface area (TPSA) is 90.7 Å². The highest BCUT2D eigenvalue weighted by Gasteiger charge is 2.45. The Morgan fingerprint density at radius 1 is 1.00 bits per heavy atom. The smallest absolute Gasteiger partial charge is 0.225 e. The molecule has 186 valence electrons. The molecule has 1 aromatic carbocycles. The Bertz CT molecular complexity index is 1220. The predicted octanol–water partition coefficient (Wildman–Crippen LogP) is 2.80. The van der Waals surface area contributed by atoms with Gasteiger partial charge in [-0.3, -0.25) is 0 Å². The van der Waals surface area contributed by atoms with Crippen LogP contribution in [-0.2, 0) is 21.8 Å². The van der Waals surface area contributed by atoms with Crippen molar-refractivity contribution in [1.29, 1.82) is 0 Å². The van der Waals surface area contributed by atoms with Crippen molar-refractivity contribution in [3.8, 4) is 5.75 Å². The van der Waals surface area contributed by atoms with Gasteiger partial charge in [-0.05, 0) is 41.8 Å². The number of thiophene rings is 1. The molecule has 0 saturated carbocycles. The molecule has 10 nitrogen and oxygen atoms in total. The molecule has 0 radical (unpaired) electrons. The van der Waals surface area contributed by atoms with Gasteiger partial charge in [0.05, 0.1) is 11.5 Å². The molecule has 2 fully saturated rings. The summed E-state index contributed by atoms with van der Waals surface area (Å²) in [5.74, 6) is 0.721. The van der Waals surface area contributed by atoms with E-state index in [0.29, 0.717) is 19.8 Å². The Morgan fingerprint density at radius 3 is 2.53 bits per heavy atom. The lowest BCUT2D eigenvalue weighted by Crippen LogP contribution is -2.47. The van der Waals surface area contributed by atoms with Gasteiger partial charge in [0.2, 0.25) is 11.7 Å². The number of anilines is 2. The zero-order valence-corrected chi connectivity index (χ0v) is 20.5. The van der Waals surface area contributed by atoms with Crippen LogP contribution in [0.25, 0.3) is 0 Å². The third-order valence-corrected chi connectivity index (χ3v) is 7.34. The Labute approximate surface area is 213 Å². The van der Waals surface area contributed by atoms with Crippen LogP contribution in [0.15, 0.2) is 72.9 Å². The Kier molecular flexibility index (Phi) is 6.50. The number of hydrogen-bond donors (Lipinski definition) is 0. The average molecular weight is 506 g/mol. The monoisotopic (exact) mass is 505 g/mol. The summed E-state index contributed by atoms with van der Waals surface area (Å²) in [6.45, 7) is 4.90. The Hall–Kier alpha value is -3.54. The van der Waals surface area contributed by atoms with Crippen molar-refractivity contribution in [2.75, 3.05) is 49.2 Å². The molecule has 0 spiro atoms. The van der Waals surface area contributed by atoms with Crippen molar-refractivity contribution in [3.05, 3.63) is 77.8 Å². The summed E-state index contributed by atoms with van der Waals surface area (Å²) in [6, 6.07) is 14.1. The van der Waals surface area contributed by atoms with E-state index in [0.717, 1.165) is 42.8 Å². The summed E-state index contributed by atoms with van der Waals surface area (Å²) in [5, 5.41) is 6.25. The minimum atomic E-state index is -0.882. The molecule has 11 heteroatoms. The van der Waals surface area contributed by atoms with Gasteiger partial charge >= 0.3 is 0 Å². The van der Waals surface area contributed by atoms with Gasteiger partial charge in [-0.15, -0.1) is 11.3 Å². The molecule has 2 aliphatic heterocycles. The number of piperazine rings is 1. The fraction of sp³-hybridized carbons (Fsp3) is 0.360. The van der Waals surface area contributed by atoms with Gasteiger partial charge in [-0.1, -0.05) is 6.07 Å². The highest BCUT2D eigenvalue weighted by molar-refractivity contribution is 7.10. The molecule has 5 heterocycles. The maximum atomic E-state index is 6.41. The van der Waals surface area contributed by atoms with Gasteiger partial charge in [0.1, 0.15) is 37.7 Å². The van der Waals surface area contributed by atoms with Gasteiger partial charge in [0.15, 0.2) is 0 Å². The first kappa shape index (κ1) is 22.9. The fourth-order valence-electron chi connectivity index (χ4n) is 4.52. The Balaban J connectivity index is 1.03. The first-order chi connectivity index (χ1) is 17.8. The van der Waals surface area contributed by atoms with Crippen molar-refractivity contribution in [2.24, 2.45) is 0 Å². The van der Waals surface area contributed by atoms with E-state index in [1.807, 2.05) is 35.7 Å². The highest BCUT2D eigenvalue weighted by atomic mass is 32.1. The van der Waals surface area contributed by atoms with E-state index in [4.69, 9.17) is 14.2 Å². The molecule has 0 N–H and O–H groups in total. The second-order valence-electron chi connectivity index (χ2n) is 8.70. The zero-order valence-electron chi connectivity index (χ0n) is 19.7. The fourth-order valence-corrected chi connectivity index (χ4v) is 5.33. The minimum absolute atomic E-state index is 0.191. The van der Waals surface area contributed by atoms with Crippen molar-refractivity contribution in [3.63, 3.8) is 0 Å². The maximum absolute atomic E-state index is 6.41. The van der Waals surface area contributed by atoms with E-state index in [9.17, 15) is 0 Å². The van der Waals surface area contributed by atoms with Crippen LogP contribution >= 0.6 is 11.3 Å². The normalized spacial score (nSPS) is 22.2. The molecular formula is C25H27N7O3S. The third-order valence-electron chi connectivity index (χ3n) is 6.35. The van der Waals surface area contributed by atoms with E-state index in [2.05, 4.69) is 42.0 Å². The van der Waals surface area contributed by atoms with Crippen LogP contribution in [0.1, 0.15) is 4.88 Å². The van der Waals surface area contributed by atoms with Gasteiger partial charge in [-0.25, -0.2) is 19.6 Å². The molecule has 2 aliphatic rings. The van der Waals surface area contributed by atoms with Crippen molar-refractivity contribution >= 4 is 23.0 Å². The molecule has 0 amide bonds. The van der Waals surface area contributed by atoms with E-state index < -0.39 is 5.79 Å². The number of ether oxygens (including phenoxy) is 3. The molecule has 3 aromatic heterocycles. The Morgan fingerprint density at radius 2 is 1.81 bits per heavy atom. The summed E-state index contributed by atoms with van der Waals surface area (Å²) in [6.07, 6.45) is 6.57. The van der Waals surface area contributed by atoms with Gasteiger partial charge in [0, 0.05) is 44.3 Å². The molecule has 0 bridgehead atoms. The zero-order chi connectivity index (χ0) is 24.2. The molecule has 0 aliphatic carbocycles. The van der Waals surface area contributed by atoms with E-state index in [1.165, 1.54) is 12.0 Å². The summed E-state index contributed by atoms with van der Waals surface area (Å²) in [4.78, 5) is 18.4. The lowest BCUT2D eigenvalue weighted by molar-refractivity contribution is -0.188. The van der Waals surface area contributed by atoms with Crippen molar-refractivity contribution in [1.82, 2.24) is 24.7 Å². The van der Waals surface area contributed by atoms with Gasteiger partial charge in [0.25, 0.3) is 0 Å². The van der Waals surface area contributed by atoms with Crippen LogP contribution in [0.5, 0.6) is 5.75 Å². The number of nitrogens with zero attached hydrogens (tertiary/aromatic N) is 7. The van der Waals surface area contributed by atoms with Crippen LogP contribution in [0.3, 0.4) is 0 Å². The minimum Gasteiger partial charge on any atom is -0.491 e. The second-order valence-corrected chi connectivity index (χ2v) is 9.65. The van der Waals surface area contributed by atoms with E-state index >= 15 is 0 Å². The molecule has 0 unspecified atom stereocenters. The second kappa shape index (κ2) is 10.2. The summed E-state index contributed by atoms with van der Waals surface area (Å²) >= 11 is 1.60. The third kappa shape index (κ3) is 4.90. The summed E-state index contributed by atoms with van der Waals surface area (Å²) < 4.78 is 20.4. The van der Waals surface area contributed by atoms with Crippen LogP contribution in [0.2, 0.25) is 0 Å². The average Bonchev–Trinajstić information content (AvgIpc) is 3.72. The first-order valence-corrected chi connectivity index (χ1v) is 12.8. The van der Waals surface area contributed by atoms with Crippen LogP contribution in [0.4, 0.5) is 11.6 Å². The number of aromatic nitrogens is 5. The quantitative estimate of drug-likeness (QED) is 0.359. The molecule has 2 atom stereocenters. The standard InChI is InChI=1S/C25H27N7O3S/c1-3-23(36-14-1)25(17-32-19-26-18-29-32)34-16-22(35-25)15-33-21-6-4-20(5-7-21)30-10-12-31(13-11-30)24-27-8-2-9-28-24/h1-9,14,18-19,22H,10-13,15-17H2/t22-,25-/m1/s1. The van der Waals surface area contributed by atoms with Crippen LogP contribution in [-0.4, -0.2) is 70.2 Å².